The highest BCUT2D eigenvalue weighted by Gasteiger charge is 2.22. The molecule has 4 rings (SSSR count). The number of anilines is 1. The summed E-state index contributed by atoms with van der Waals surface area (Å²) in [6, 6.07) is 14.4. The lowest BCUT2D eigenvalue weighted by Crippen LogP contribution is -2.32. The molecule has 0 saturated carbocycles. The van der Waals surface area contributed by atoms with E-state index in [0.29, 0.717) is 18.9 Å². The normalized spacial score (nSPS) is 13.4. The van der Waals surface area contributed by atoms with Gasteiger partial charge < -0.3 is 14.1 Å². The average molecular weight is 392 g/mol. The summed E-state index contributed by atoms with van der Waals surface area (Å²) in [4.78, 5) is 14.4. The largest absolute Gasteiger partial charge is 0.473 e. The molecule has 1 aliphatic heterocycles. The van der Waals surface area contributed by atoms with Crippen molar-refractivity contribution in [3.63, 3.8) is 0 Å². The minimum absolute atomic E-state index is 0.283. The number of ether oxygens (including phenoxy) is 1. The summed E-state index contributed by atoms with van der Waals surface area (Å²) in [6.45, 7) is 5.54. The Hall–Kier alpha value is -2.75. The fourth-order valence-corrected chi connectivity index (χ4v) is 3.99. The van der Waals surface area contributed by atoms with Crippen molar-refractivity contribution in [3.8, 4) is 5.75 Å². The van der Waals surface area contributed by atoms with Gasteiger partial charge in [0.2, 0.25) is 0 Å². The molecule has 1 aliphatic rings. The minimum atomic E-state index is -0.283. The predicted molar refractivity (Wildman–Crippen MR) is 118 cm³/mol. The quantitative estimate of drug-likeness (QED) is 0.475. The molecule has 152 valence electrons. The van der Waals surface area contributed by atoms with Gasteiger partial charge in [0.05, 0.1) is 12.1 Å². The second-order valence-electron chi connectivity index (χ2n) is 7.85. The molecule has 3 aromatic rings. The monoisotopic (exact) mass is 391 g/mol. The van der Waals surface area contributed by atoms with Gasteiger partial charge in [-0.15, -0.1) is 0 Å². The fourth-order valence-electron chi connectivity index (χ4n) is 3.99. The third-order valence-corrected chi connectivity index (χ3v) is 5.70. The molecule has 2 aromatic carbocycles. The van der Waals surface area contributed by atoms with Crippen molar-refractivity contribution in [1.82, 2.24) is 0 Å². The van der Waals surface area contributed by atoms with Crippen molar-refractivity contribution >= 4 is 16.7 Å². The lowest BCUT2D eigenvalue weighted by molar-refractivity contribution is 0.289. The van der Waals surface area contributed by atoms with E-state index in [1.807, 2.05) is 12.1 Å². The van der Waals surface area contributed by atoms with Crippen LogP contribution >= 0.6 is 0 Å². The zero-order valence-corrected chi connectivity index (χ0v) is 17.4. The Morgan fingerprint density at radius 1 is 0.966 bits per heavy atom. The van der Waals surface area contributed by atoms with E-state index < -0.39 is 0 Å². The standard InChI is InChI=1S/C25H29NO3/c1-3-5-7-18-9-11-20(12-10-18)26-16-22-23(28-17-26)14-13-21-19(8-6-4-2)15-24(27)29-25(21)22/h9-15H,3-8,16-17H2,1-2H3. The van der Waals surface area contributed by atoms with Gasteiger partial charge in [0.1, 0.15) is 11.3 Å². The highest BCUT2D eigenvalue weighted by atomic mass is 16.5. The number of benzene rings is 2. The van der Waals surface area contributed by atoms with Crippen LogP contribution in [-0.2, 0) is 19.4 Å². The van der Waals surface area contributed by atoms with E-state index in [2.05, 4.69) is 43.0 Å². The lowest BCUT2D eigenvalue weighted by Gasteiger charge is -2.31. The predicted octanol–water partition coefficient (Wildman–Crippen LogP) is 5.83. The first-order valence-corrected chi connectivity index (χ1v) is 10.7. The first-order valence-electron chi connectivity index (χ1n) is 10.7. The van der Waals surface area contributed by atoms with Crippen LogP contribution in [0.4, 0.5) is 5.69 Å². The molecule has 4 nitrogen and oxygen atoms in total. The summed E-state index contributed by atoms with van der Waals surface area (Å²) in [5, 5.41) is 1.03. The van der Waals surface area contributed by atoms with Crippen molar-refractivity contribution < 1.29 is 9.15 Å². The first-order chi connectivity index (χ1) is 14.2. The Morgan fingerprint density at radius 3 is 2.48 bits per heavy atom. The zero-order valence-electron chi connectivity index (χ0n) is 17.4. The van der Waals surface area contributed by atoms with E-state index >= 15 is 0 Å². The van der Waals surface area contributed by atoms with E-state index in [-0.39, 0.29) is 5.63 Å². The molecule has 0 fully saturated rings. The number of hydrogen-bond acceptors (Lipinski definition) is 4. The van der Waals surface area contributed by atoms with Gasteiger partial charge in [-0.2, -0.15) is 0 Å². The molecule has 0 radical (unpaired) electrons. The Bertz CT molecular complexity index is 1040. The highest BCUT2D eigenvalue weighted by Crippen LogP contribution is 2.35. The van der Waals surface area contributed by atoms with Crippen LogP contribution in [0.25, 0.3) is 11.0 Å². The maximum atomic E-state index is 12.2. The van der Waals surface area contributed by atoms with Crippen LogP contribution in [0.2, 0.25) is 0 Å². The Kier molecular flexibility index (Phi) is 5.89. The molecule has 29 heavy (non-hydrogen) atoms. The average Bonchev–Trinajstić information content (AvgIpc) is 2.76. The third kappa shape index (κ3) is 4.16. The second-order valence-corrected chi connectivity index (χ2v) is 7.85. The van der Waals surface area contributed by atoms with Crippen molar-refractivity contribution in [1.29, 1.82) is 0 Å². The Balaban J connectivity index is 1.65. The number of nitrogens with zero attached hydrogens (tertiary/aromatic N) is 1. The molecule has 0 spiro atoms. The van der Waals surface area contributed by atoms with Gasteiger partial charge in [0.15, 0.2) is 6.73 Å². The molecular weight excluding hydrogens is 362 g/mol. The molecule has 2 heterocycles. The highest BCUT2D eigenvalue weighted by molar-refractivity contribution is 5.85. The van der Waals surface area contributed by atoms with Crippen molar-refractivity contribution in [2.45, 2.75) is 58.9 Å². The van der Waals surface area contributed by atoms with E-state index in [4.69, 9.17) is 9.15 Å². The van der Waals surface area contributed by atoms with Gasteiger partial charge in [-0.1, -0.05) is 38.8 Å². The fraction of sp³-hybridized carbons (Fsp3) is 0.400. The van der Waals surface area contributed by atoms with Crippen LogP contribution in [0.3, 0.4) is 0 Å². The van der Waals surface area contributed by atoms with E-state index in [9.17, 15) is 4.79 Å². The summed E-state index contributed by atoms with van der Waals surface area (Å²) in [5.41, 5.74) is 4.90. The van der Waals surface area contributed by atoms with Crippen LogP contribution in [0.15, 0.2) is 51.7 Å². The molecule has 0 saturated heterocycles. The summed E-state index contributed by atoms with van der Waals surface area (Å²) in [5.74, 6) is 0.809. The number of rotatable bonds is 7. The molecule has 0 atom stereocenters. The number of unbranched alkanes of at least 4 members (excludes halogenated alkanes) is 2. The summed E-state index contributed by atoms with van der Waals surface area (Å²) >= 11 is 0. The number of aryl methyl sites for hydroxylation is 2. The number of fused-ring (bicyclic) bond motifs is 3. The summed E-state index contributed by atoms with van der Waals surface area (Å²) in [7, 11) is 0. The maximum absolute atomic E-state index is 12.2. The summed E-state index contributed by atoms with van der Waals surface area (Å²) < 4.78 is 11.7. The molecule has 0 unspecified atom stereocenters. The van der Waals surface area contributed by atoms with Crippen molar-refractivity contribution in [3.05, 3.63) is 69.6 Å². The molecule has 0 amide bonds. The first kappa shape index (κ1) is 19.6. The topological polar surface area (TPSA) is 42.7 Å². The Morgan fingerprint density at radius 2 is 1.72 bits per heavy atom. The van der Waals surface area contributed by atoms with E-state index in [1.165, 1.54) is 18.4 Å². The summed E-state index contributed by atoms with van der Waals surface area (Å²) in [6.07, 6.45) is 6.58. The van der Waals surface area contributed by atoms with Crippen LogP contribution < -0.4 is 15.3 Å². The lowest BCUT2D eigenvalue weighted by atomic mass is 10.0. The van der Waals surface area contributed by atoms with Crippen molar-refractivity contribution in [2.75, 3.05) is 11.6 Å². The smallest absolute Gasteiger partial charge is 0.336 e. The molecular formula is C25H29NO3. The van der Waals surface area contributed by atoms with Gasteiger partial charge in [-0.3, -0.25) is 0 Å². The van der Waals surface area contributed by atoms with Crippen LogP contribution in [0.1, 0.15) is 56.2 Å². The number of hydrogen-bond donors (Lipinski definition) is 0. The van der Waals surface area contributed by atoms with Crippen molar-refractivity contribution in [2.24, 2.45) is 0 Å². The van der Waals surface area contributed by atoms with Gasteiger partial charge >= 0.3 is 5.63 Å². The van der Waals surface area contributed by atoms with Gasteiger partial charge in [0, 0.05) is 17.1 Å². The third-order valence-electron chi connectivity index (χ3n) is 5.70. The van der Waals surface area contributed by atoms with E-state index in [0.717, 1.165) is 53.6 Å². The minimum Gasteiger partial charge on any atom is -0.473 e. The van der Waals surface area contributed by atoms with Crippen LogP contribution in [0, 0.1) is 0 Å². The van der Waals surface area contributed by atoms with Crippen LogP contribution in [0.5, 0.6) is 5.75 Å². The molecule has 1 aromatic heterocycles. The molecule has 0 bridgehead atoms. The van der Waals surface area contributed by atoms with Gasteiger partial charge in [-0.05, 0) is 61.1 Å². The molecule has 0 N–H and O–H groups in total. The van der Waals surface area contributed by atoms with Gasteiger partial charge in [0.25, 0.3) is 0 Å². The van der Waals surface area contributed by atoms with Gasteiger partial charge in [-0.25, -0.2) is 4.79 Å². The molecule has 0 aliphatic carbocycles. The van der Waals surface area contributed by atoms with Crippen LogP contribution in [-0.4, -0.2) is 6.73 Å². The Labute approximate surface area is 172 Å². The SMILES string of the molecule is CCCCc1ccc(N2COc3ccc4c(CCCC)cc(=O)oc4c3C2)cc1. The second kappa shape index (κ2) is 8.73. The molecule has 4 heteroatoms. The zero-order chi connectivity index (χ0) is 20.2. The van der Waals surface area contributed by atoms with E-state index in [1.54, 1.807) is 6.07 Å². The maximum Gasteiger partial charge on any atom is 0.336 e.